The molecule has 2 amide bonds. The highest BCUT2D eigenvalue weighted by molar-refractivity contribution is 6.21. The van der Waals surface area contributed by atoms with Gasteiger partial charge in [0.2, 0.25) is 0 Å². The average Bonchev–Trinajstić information content (AvgIpc) is 3.31. The van der Waals surface area contributed by atoms with E-state index >= 15 is 0 Å². The van der Waals surface area contributed by atoms with Gasteiger partial charge >= 0.3 is 5.97 Å². The van der Waals surface area contributed by atoms with Gasteiger partial charge in [0, 0.05) is 0 Å². The quantitative estimate of drug-likeness (QED) is 0.481. The van der Waals surface area contributed by atoms with Crippen molar-refractivity contribution in [3.05, 3.63) is 83.4 Å². The van der Waals surface area contributed by atoms with Gasteiger partial charge in [0.25, 0.3) is 11.8 Å². The van der Waals surface area contributed by atoms with Crippen molar-refractivity contribution in [3.63, 3.8) is 0 Å². The Morgan fingerprint density at radius 3 is 2.25 bits per heavy atom. The first kappa shape index (κ1) is 17.6. The lowest BCUT2D eigenvalue weighted by atomic mass is 10.1. The number of hydrogen-bond donors (Lipinski definition) is 0. The van der Waals surface area contributed by atoms with Gasteiger partial charge < -0.3 is 4.74 Å². The van der Waals surface area contributed by atoms with Gasteiger partial charge in [-0.15, -0.1) is 0 Å². The number of imide groups is 1. The molecule has 0 radical (unpaired) electrons. The van der Waals surface area contributed by atoms with Crippen molar-refractivity contribution >= 4 is 17.8 Å². The molecular weight excluding hydrogens is 360 g/mol. The third kappa shape index (κ3) is 3.39. The van der Waals surface area contributed by atoms with Crippen LogP contribution in [0.2, 0.25) is 0 Å². The number of rotatable bonds is 6. The van der Waals surface area contributed by atoms with Crippen LogP contribution in [-0.2, 0) is 11.3 Å². The van der Waals surface area contributed by atoms with E-state index in [1.807, 2.05) is 12.1 Å². The number of fused-ring (bicyclic) bond motifs is 1. The maximum Gasteiger partial charge on any atom is 0.338 e. The number of carbonyl (C=O) groups is 3. The Morgan fingerprint density at radius 2 is 1.64 bits per heavy atom. The Balaban J connectivity index is 1.31. The number of carbonyl (C=O) groups excluding carboxylic acids is 3. The zero-order valence-corrected chi connectivity index (χ0v) is 14.8. The van der Waals surface area contributed by atoms with Crippen molar-refractivity contribution in [1.82, 2.24) is 19.7 Å². The topological polar surface area (TPSA) is 94.4 Å². The van der Waals surface area contributed by atoms with Crippen LogP contribution in [0.15, 0.2) is 61.2 Å². The van der Waals surface area contributed by atoms with Crippen LogP contribution in [0.1, 0.15) is 36.6 Å². The molecule has 0 fully saturated rings. The molecule has 0 saturated heterocycles. The summed E-state index contributed by atoms with van der Waals surface area (Å²) in [6, 6.07) is 13.6. The first-order valence-corrected chi connectivity index (χ1v) is 8.67. The molecule has 1 aliphatic rings. The van der Waals surface area contributed by atoms with Gasteiger partial charge in [0.15, 0.2) is 0 Å². The highest BCUT2D eigenvalue weighted by Crippen LogP contribution is 2.22. The first-order chi connectivity index (χ1) is 13.6. The van der Waals surface area contributed by atoms with E-state index in [4.69, 9.17) is 4.74 Å². The molecular formula is C20H16N4O4. The molecule has 4 rings (SSSR count). The van der Waals surface area contributed by atoms with E-state index in [9.17, 15) is 14.4 Å². The minimum Gasteiger partial charge on any atom is -0.460 e. The summed E-state index contributed by atoms with van der Waals surface area (Å²) in [5, 5.41) is 4.03. The maximum absolute atomic E-state index is 12.3. The third-order valence-electron chi connectivity index (χ3n) is 4.43. The van der Waals surface area contributed by atoms with Crippen LogP contribution in [0, 0.1) is 0 Å². The SMILES string of the molecule is O=C(OCCN1C(=O)c2ccccc2C1=O)c1ccc(Cn2cncn2)cc1. The molecule has 0 spiro atoms. The summed E-state index contributed by atoms with van der Waals surface area (Å²) in [5.74, 6) is -1.24. The van der Waals surface area contributed by atoms with Crippen LogP contribution >= 0.6 is 0 Å². The van der Waals surface area contributed by atoms with E-state index in [0.29, 0.717) is 23.2 Å². The lowest BCUT2D eigenvalue weighted by Crippen LogP contribution is -2.33. The Morgan fingerprint density at radius 1 is 0.964 bits per heavy atom. The third-order valence-corrected chi connectivity index (χ3v) is 4.43. The number of amides is 2. The first-order valence-electron chi connectivity index (χ1n) is 8.67. The van der Waals surface area contributed by atoms with Gasteiger partial charge in [0.1, 0.15) is 19.3 Å². The fourth-order valence-electron chi connectivity index (χ4n) is 3.00. The zero-order valence-electron chi connectivity index (χ0n) is 14.8. The molecule has 8 heteroatoms. The predicted octanol–water partition coefficient (Wildman–Crippen LogP) is 1.78. The van der Waals surface area contributed by atoms with Crippen LogP contribution < -0.4 is 0 Å². The van der Waals surface area contributed by atoms with E-state index in [-0.39, 0.29) is 25.0 Å². The largest absolute Gasteiger partial charge is 0.460 e. The monoisotopic (exact) mass is 376 g/mol. The van der Waals surface area contributed by atoms with Gasteiger partial charge in [-0.05, 0) is 29.8 Å². The number of benzene rings is 2. The number of ether oxygens (including phenoxy) is 1. The van der Waals surface area contributed by atoms with Gasteiger partial charge in [-0.3, -0.25) is 14.5 Å². The molecule has 0 aliphatic carbocycles. The molecule has 1 aliphatic heterocycles. The molecule has 0 N–H and O–H groups in total. The van der Waals surface area contributed by atoms with Crippen molar-refractivity contribution in [2.24, 2.45) is 0 Å². The van der Waals surface area contributed by atoms with Gasteiger partial charge in [0.05, 0.1) is 29.8 Å². The molecule has 2 aromatic carbocycles. The summed E-state index contributed by atoms with van der Waals surface area (Å²) in [6.45, 7) is 0.503. The molecule has 140 valence electrons. The molecule has 1 aromatic heterocycles. The summed E-state index contributed by atoms with van der Waals surface area (Å²) < 4.78 is 6.89. The second-order valence-corrected chi connectivity index (χ2v) is 6.23. The predicted molar refractivity (Wildman–Crippen MR) is 97.7 cm³/mol. The molecule has 3 aromatic rings. The Bertz CT molecular complexity index is 994. The standard InChI is InChI=1S/C20H16N4O4/c25-18-16-3-1-2-4-17(16)19(26)24(18)9-10-28-20(27)15-7-5-14(6-8-15)11-23-13-21-12-22-23/h1-8,12-13H,9-11H2. The van der Waals surface area contributed by atoms with E-state index in [0.717, 1.165) is 10.5 Å². The number of nitrogens with zero attached hydrogens (tertiary/aromatic N) is 4. The van der Waals surface area contributed by atoms with Crippen molar-refractivity contribution < 1.29 is 19.1 Å². The molecule has 8 nitrogen and oxygen atoms in total. The highest BCUT2D eigenvalue weighted by Gasteiger charge is 2.34. The van der Waals surface area contributed by atoms with E-state index in [2.05, 4.69) is 10.1 Å². The number of hydrogen-bond acceptors (Lipinski definition) is 6. The molecule has 0 bridgehead atoms. The normalized spacial score (nSPS) is 12.9. The second kappa shape index (κ2) is 7.43. The lowest BCUT2D eigenvalue weighted by molar-refractivity contribution is 0.0420. The summed E-state index contributed by atoms with van der Waals surface area (Å²) in [6.07, 6.45) is 3.07. The highest BCUT2D eigenvalue weighted by atomic mass is 16.5. The summed E-state index contributed by atoms with van der Waals surface area (Å²) >= 11 is 0. The van der Waals surface area contributed by atoms with Crippen LogP contribution in [0.4, 0.5) is 0 Å². The zero-order chi connectivity index (χ0) is 19.5. The maximum atomic E-state index is 12.3. The van der Waals surface area contributed by atoms with Crippen molar-refractivity contribution in [3.8, 4) is 0 Å². The van der Waals surface area contributed by atoms with Crippen molar-refractivity contribution in [2.75, 3.05) is 13.2 Å². The van der Waals surface area contributed by atoms with Crippen LogP contribution in [0.3, 0.4) is 0 Å². The molecule has 2 heterocycles. The van der Waals surface area contributed by atoms with E-state index in [1.165, 1.54) is 6.33 Å². The van der Waals surface area contributed by atoms with Crippen LogP contribution in [0.5, 0.6) is 0 Å². The Labute approximate surface area is 160 Å². The summed E-state index contributed by atoms with van der Waals surface area (Å²) in [5.41, 5.74) is 2.11. The smallest absolute Gasteiger partial charge is 0.338 e. The van der Waals surface area contributed by atoms with Crippen LogP contribution in [-0.4, -0.2) is 50.6 Å². The fourth-order valence-corrected chi connectivity index (χ4v) is 3.00. The van der Waals surface area contributed by atoms with Crippen LogP contribution in [0.25, 0.3) is 0 Å². The summed E-state index contributed by atoms with van der Waals surface area (Å²) in [4.78, 5) is 41.7. The number of esters is 1. The Hall–Kier alpha value is -3.81. The van der Waals surface area contributed by atoms with E-state index in [1.54, 1.807) is 47.4 Å². The average molecular weight is 376 g/mol. The Kier molecular flexibility index (Phi) is 4.67. The molecule has 0 atom stereocenters. The lowest BCUT2D eigenvalue weighted by Gasteiger charge is -2.13. The fraction of sp³-hybridized carbons (Fsp3) is 0.150. The minimum atomic E-state index is -0.510. The minimum absolute atomic E-state index is 0.0163. The van der Waals surface area contributed by atoms with Crippen molar-refractivity contribution in [2.45, 2.75) is 6.54 Å². The molecule has 0 unspecified atom stereocenters. The van der Waals surface area contributed by atoms with Crippen molar-refractivity contribution in [1.29, 1.82) is 0 Å². The van der Waals surface area contributed by atoms with Gasteiger partial charge in [-0.1, -0.05) is 24.3 Å². The summed E-state index contributed by atoms with van der Waals surface area (Å²) in [7, 11) is 0. The van der Waals surface area contributed by atoms with Gasteiger partial charge in [-0.2, -0.15) is 5.10 Å². The second-order valence-electron chi connectivity index (χ2n) is 6.23. The molecule has 0 saturated carbocycles. The van der Waals surface area contributed by atoms with Gasteiger partial charge in [-0.25, -0.2) is 14.5 Å². The number of aromatic nitrogens is 3. The van der Waals surface area contributed by atoms with E-state index < -0.39 is 5.97 Å². The molecule has 28 heavy (non-hydrogen) atoms.